The molecule has 0 heterocycles. The third kappa shape index (κ3) is 8.14. The summed E-state index contributed by atoms with van der Waals surface area (Å²) in [7, 11) is 0. The molecule has 0 aliphatic heterocycles. The molecule has 0 radical (unpaired) electrons. The summed E-state index contributed by atoms with van der Waals surface area (Å²) in [5.74, 6) is 0.0154. The van der Waals surface area contributed by atoms with Crippen molar-refractivity contribution in [1.29, 1.82) is 0 Å². The minimum Gasteiger partial charge on any atom is -0.483 e. The molecule has 7 heteroatoms. The van der Waals surface area contributed by atoms with E-state index in [1.54, 1.807) is 12.1 Å². The molecule has 33 heavy (non-hydrogen) atoms. The van der Waals surface area contributed by atoms with Gasteiger partial charge in [0.05, 0.1) is 4.47 Å². The van der Waals surface area contributed by atoms with Crippen molar-refractivity contribution in [2.75, 3.05) is 6.61 Å². The van der Waals surface area contributed by atoms with E-state index in [1.807, 2.05) is 45.9 Å². The Morgan fingerprint density at radius 1 is 1.12 bits per heavy atom. The van der Waals surface area contributed by atoms with E-state index in [0.717, 1.165) is 15.6 Å². The molecular formula is C26H34BrFN2O3. The van der Waals surface area contributed by atoms with Crippen molar-refractivity contribution in [1.82, 2.24) is 10.2 Å². The number of carbonyl (C=O) groups excluding carboxylic acids is 2. The van der Waals surface area contributed by atoms with Crippen LogP contribution in [0.4, 0.5) is 4.39 Å². The van der Waals surface area contributed by atoms with Gasteiger partial charge in [0, 0.05) is 12.1 Å². The first-order chi connectivity index (χ1) is 15.4. The molecule has 0 aliphatic rings. The summed E-state index contributed by atoms with van der Waals surface area (Å²) < 4.78 is 20.0. The van der Waals surface area contributed by atoms with Crippen LogP contribution in [0.5, 0.6) is 5.75 Å². The van der Waals surface area contributed by atoms with Gasteiger partial charge in [0.1, 0.15) is 17.6 Å². The molecule has 0 aliphatic carbocycles. The molecule has 180 valence electrons. The van der Waals surface area contributed by atoms with Crippen molar-refractivity contribution < 1.29 is 18.7 Å². The lowest BCUT2D eigenvalue weighted by Gasteiger charge is -2.33. The second kappa shape index (κ2) is 11.6. The van der Waals surface area contributed by atoms with Gasteiger partial charge in [-0.3, -0.25) is 9.59 Å². The van der Waals surface area contributed by atoms with Crippen LogP contribution in [0.2, 0.25) is 0 Å². The fourth-order valence-electron chi connectivity index (χ4n) is 3.37. The molecule has 5 nitrogen and oxygen atoms in total. The number of benzene rings is 2. The topological polar surface area (TPSA) is 58.6 Å². The number of halogens is 2. The SMILES string of the molecule is CCC(C(=O)NC(C)(C)C)N(Cc1ccc(F)cc1)C(=O)COc1ccc(C(C)C)cc1Br. The van der Waals surface area contributed by atoms with Gasteiger partial charge in [-0.2, -0.15) is 0 Å². The smallest absolute Gasteiger partial charge is 0.261 e. The highest BCUT2D eigenvalue weighted by Crippen LogP contribution is 2.29. The van der Waals surface area contributed by atoms with Crippen molar-refractivity contribution in [3.63, 3.8) is 0 Å². The first-order valence-corrected chi connectivity index (χ1v) is 12.0. The maximum absolute atomic E-state index is 13.4. The predicted molar refractivity (Wildman–Crippen MR) is 133 cm³/mol. The number of nitrogens with one attached hydrogen (secondary N) is 1. The quantitative estimate of drug-likeness (QED) is 0.453. The molecular weight excluding hydrogens is 487 g/mol. The molecule has 0 saturated heterocycles. The molecule has 0 bridgehead atoms. The zero-order valence-corrected chi connectivity index (χ0v) is 21.8. The van der Waals surface area contributed by atoms with E-state index in [0.29, 0.717) is 18.1 Å². The molecule has 2 aromatic rings. The maximum Gasteiger partial charge on any atom is 0.261 e. The van der Waals surface area contributed by atoms with Gasteiger partial charge in [0.15, 0.2) is 6.61 Å². The second-order valence-electron chi connectivity index (χ2n) is 9.44. The summed E-state index contributed by atoms with van der Waals surface area (Å²) in [5, 5.41) is 2.96. The number of carbonyl (C=O) groups is 2. The molecule has 0 fully saturated rings. The average molecular weight is 521 g/mol. The average Bonchev–Trinajstić information content (AvgIpc) is 2.72. The van der Waals surface area contributed by atoms with Crippen LogP contribution in [0.3, 0.4) is 0 Å². The zero-order chi connectivity index (χ0) is 24.8. The van der Waals surface area contributed by atoms with Crippen molar-refractivity contribution in [3.8, 4) is 5.75 Å². The van der Waals surface area contributed by atoms with Crippen LogP contribution in [0.1, 0.15) is 65.0 Å². The Morgan fingerprint density at radius 3 is 2.27 bits per heavy atom. The molecule has 2 aromatic carbocycles. The van der Waals surface area contributed by atoms with Gasteiger partial charge in [-0.1, -0.05) is 39.0 Å². The normalized spacial score (nSPS) is 12.4. The zero-order valence-electron chi connectivity index (χ0n) is 20.2. The molecule has 0 saturated carbocycles. The summed E-state index contributed by atoms with van der Waals surface area (Å²) in [6.07, 6.45) is 0.432. The molecule has 0 aromatic heterocycles. The third-order valence-electron chi connectivity index (χ3n) is 5.12. The summed E-state index contributed by atoms with van der Waals surface area (Å²) in [6, 6.07) is 11.0. The lowest BCUT2D eigenvalue weighted by Crippen LogP contribution is -2.54. The lowest BCUT2D eigenvalue weighted by atomic mass is 10.0. The number of nitrogens with zero attached hydrogens (tertiary/aromatic N) is 1. The van der Waals surface area contributed by atoms with E-state index in [1.165, 1.54) is 17.0 Å². The Balaban J connectivity index is 2.24. The van der Waals surface area contributed by atoms with Gasteiger partial charge in [-0.25, -0.2) is 4.39 Å². The van der Waals surface area contributed by atoms with Gasteiger partial charge >= 0.3 is 0 Å². The number of rotatable bonds is 9. The highest BCUT2D eigenvalue weighted by atomic mass is 79.9. The molecule has 2 amide bonds. The molecule has 1 unspecified atom stereocenters. The van der Waals surface area contributed by atoms with Crippen molar-refractivity contribution in [3.05, 3.63) is 63.9 Å². The highest BCUT2D eigenvalue weighted by molar-refractivity contribution is 9.10. The minimum absolute atomic E-state index is 0.173. The Bertz CT molecular complexity index is 955. The van der Waals surface area contributed by atoms with Crippen molar-refractivity contribution in [2.24, 2.45) is 0 Å². The van der Waals surface area contributed by atoms with Crippen LogP contribution >= 0.6 is 15.9 Å². The number of ether oxygens (including phenoxy) is 1. The van der Waals surface area contributed by atoms with Crippen LogP contribution in [0, 0.1) is 5.82 Å². The summed E-state index contributed by atoms with van der Waals surface area (Å²) >= 11 is 3.51. The molecule has 1 atom stereocenters. The Hall–Kier alpha value is -2.41. The van der Waals surface area contributed by atoms with Crippen molar-refractivity contribution >= 4 is 27.7 Å². The first-order valence-electron chi connectivity index (χ1n) is 11.2. The van der Waals surface area contributed by atoms with Crippen LogP contribution in [-0.4, -0.2) is 34.9 Å². The van der Waals surface area contributed by atoms with E-state index in [-0.39, 0.29) is 30.8 Å². The molecule has 2 rings (SSSR count). The third-order valence-corrected chi connectivity index (χ3v) is 5.74. The van der Waals surface area contributed by atoms with E-state index in [9.17, 15) is 14.0 Å². The van der Waals surface area contributed by atoms with Crippen molar-refractivity contribution in [2.45, 2.75) is 72.0 Å². The Kier molecular flexibility index (Phi) is 9.46. The molecule has 1 N–H and O–H groups in total. The minimum atomic E-state index is -0.683. The fraction of sp³-hybridized carbons (Fsp3) is 0.462. The Morgan fingerprint density at radius 2 is 1.76 bits per heavy atom. The van der Waals surface area contributed by atoms with Crippen LogP contribution < -0.4 is 10.1 Å². The highest BCUT2D eigenvalue weighted by Gasteiger charge is 2.31. The van der Waals surface area contributed by atoms with Gasteiger partial charge in [0.25, 0.3) is 5.91 Å². The van der Waals surface area contributed by atoms with E-state index >= 15 is 0 Å². The summed E-state index contributed by atoms with van der Waals surface area (Å²) in [5.41, 5.74) is 1.45. The van der Waals surface area contributed by atoms with Gasteiger partial charge in [0.2, 0.25) is 5.91 Å². The van der Waals surface area contributed by atoms with E-state index < -0.39 is 11.6 Å². The number of hydrogen-bond donors (Lipinski definition) is 1. The summed E-state index contributed by atoms with van der Waals surface area (Å²) in [6.45, 7) is 11.7. The number of hydrogen-bond acceptors (Lipinski definition) is 3. The largest absolute Gasteiger partial charge is 0.483 e. The van der Waals surface area contributed by atoms with E-state index in [2.05, 4.69) is 35.1 Å². The fourth-order valence-corrected chi connectivity index (χ4v) is 3.89. The van der Waals surface area contributed by atoms with Gasteiger partial charge < -0.3 is 15.0 Å². The van der Waals surface area contributed by atoms with Gasteiger partial charge in [-0.15, -0.1) is 0 Å². The standard InChI is InChI=1S/C26H34BrFN2O3/c1-7-22(25(32)29-26(4,5)6)30(15-18-8-11-20(28)12-9-18)24(31)16-33-23-13-10-19(17(2)3)14-21(23)27/h8-14,17,22H,7,15-16H2,1-6H3,(H,29,32). The number of amides is 2. The van der Waals surface area contributed by atoms with Gasteiger partial charge in [-0.05, 0) is 84.4 Å². The van der Waals surface area contributed by atoms with Crippen LogP contribution in [0.25, 0.3) is 0 Å². The predicted octanol–water partition coefficient (Wildman–Crippen LogP) is 5.81. The molecule has 0 spiro atoms. The monoisotopic (exact) mass is 520 g/mol. The first kappa shape index (κ1) is 26.8. The van der Waals surface area contributed by atoms with Crippen LogP contribution in [0.15, 0.2) is 46.9 Å². The van der Waals surface area contributed by atoms with E-state index in [4.69, 9.17) is 4.74 Å². The van der Waals surface area contributed by atoms with Crippen LogP contribution in [-0.2, 0) is 16.1 Å². The lowest BCUT2D eigenvalue weighted by molar-refractivity contribution is -0.143. The Labute approximate surface area is 204 Å². The maximum atomic E-state index is 13.4. The second-order valence-corrected chi connectivity index (χ2v) is 10.3. The summed E-state index contributed by atoms with van der Waals surface area (Å²) in [4.78, 5) is 27.8.